The van der Waals surface area contributed by atoms with Crippen LogP contribution in [0.15, 0.2) is 0 Å². The van der Waals surface area contributed by atoms with Crippen molar-refractivity contribution in [3.8, 4) is 0 Å². The van der Waals surface area contributed by atoms with Crippen molar-refractivity contribution in [3.63, 3.8) is 0 Å². The number of carbonyl (C=O) groups is 4. The lowest BCUT2D eigenvalue weighted by Gasteiger charge is -2.21. The van der Waals surface area contributed by atoms with Crippen molar-refractivity contribution in [2.24, 2.45) is 23.7 Å². The Bertz CT molecular complexity index is 1870. The average Bonchev–Trinajstić information content (AvgIpc) is 1.57. The molecule has 0 amide bonds. The number of esters is 4. The highest BCUT2D eigenvalue weighted by atomic mass is 31.2. The smallest absolute Gasteiger partial charge is 0.462 e. The van der Waals surface area contributed by atoms with Gasteiger partial charge in [-0.3, -0.25) is 37.3 Å². The van der Waals surface area contributed by atoms with Gasteiger partial charge in [0.15, 0.2) is 12.2 Å². The molecule has 0 aromatic heterocycles. The summed E-state index contributed by atoms with van der Waals surface area (Å²) in [6.07, 6.45) is 50.0. The zero-order valence-corrected chi connectivity index (χ0v) is 64.1. The second-order valence-electron chi connectivity index (χ2n) is 29.1. The zero-order chi connectivity index (χ0) is 70.3. The highest BCUT2D eigenvalue weighted by Crippen LogP contribution is 2.45. The predicted octanol–water partition coefficient (Wildman–Crippen LogP) is 22.0. The van der Waals surface area contributed by atoms with Crippen molar-refractivity contribution >= 4 is 39.5 Å². The van der Waals surface area contributed by atoms with Gasteiger partial charge in [-0.25, -0.2) is 9.13 Å². The molecule has 0 aromatic rings. The Morgan fingerprint density at radius 1 is 0.295 bits per heavy atom. The molecule has 0 aromatic carbocycles. The summed E-state index contributed by atoms with van der Waals surface area (Å²) in [5.41, 5.74) is 0. The fourth-order valence-corrected chi connectivity index (χ4v) is 13.1. The number of unbranched alkanes of at least 4 members (excludes halogenated alkanes) is 38. The molecule has 0 heterocycles. The molecule has 0 saturated carbocycles. The number of hydrogen-bond donors (Lipinski definition) is 3. The highest BCUT2D eigenvalue weighted by Gasteiger charge is 2.30. The van der Waals surface area contributed by atoms with Crippen LogP contribution in [0, 0.1) is 23.7 Å². The number of carbonyl (C=O) groups excluding carboxylic acids is 4. The number of aliphatic hydroxyl groups excluding tert-OH is 1. The van der Waals surface area contributed by atoms with Crippen molar-refractivity contribution < 1.29 is 80.2 Å². The van der Waals surface area contributed by atoms with Crippen LogP contribution in [0.25, 0.3) is 0 Å². The molecule has 17 nitrogen and oxygen atoms in total. The minimum Gasteiger partial charge on any atom is -0.462 e. The van der Waals surface area contributed by atoms with Gasteiger partial charge in [0, 0.05) is 25.7 Å². The van der Waals surface area contributed by atoms with Gasteiger partial charge in [-0.05, 0) is 49.4 Å². The molecule has 0 aliphatic carbocycles. The summed E-state index contributed by atoms with van der Waals surface area (Å²) in [5, 5.41) is 10.6. The number of phosphoric ester groups is 2. The van der Waals surface area contributed by atoms with E-state index in [0.29, 0.717) is 31.6 Å². The van der Waals surface area contributed by atoms with E-state index < -0.39 is 97.5 Å². The summed E-state index contributed by atoms with van der Waals surface area (Å²) in [6, 6.07) is 0. The van der Waals surface area contributed by atoms with Crippen LogP contribution in [0.5, 0.6) is 0 Å². The first-order valence-electron chi connectivity index (χ1n) is 39.2. The molecular formula is C76H148O17P2. The third-order valence-electron chi connectivity index (χ3n) is 17.9. The average molecular weight is 1400 g/mol. The maximum Gasteiger partial charge on any atom is 0.472 e. The fraction of sp³-hybridized carbons (Fsp3) is 0.947. The largest absolute Gasteiger partial charge is 0.472 e. The molecule has 564 valence electrons. The van der Waals surface area contributed by atoms with Gasteiger partial charge in [-0.1, -0.05) is 331 Å². The van der Waals surface area contributed by atoms with Crippen LogP contribution >= 0.6 is 15.6 Å². The number of rotatable bonds is 73. The van der Waals surface area contributed by atoms with Gasteiger partial charge in [0.2, 0.25) is 0 Å². The van der Waals surface area contributed by atoms with Crippen molar-refractivity contribution in [2.75, 3.05) is 39.6 Å². The van der Waals surface area contributed by atoms with Crippen LogP contribution in [0.3, 0.4) is 0 Å². The molecule has 3 N–H and O–H groups in total. The Hall–Kier alpha value is -1.94. The summed E-state index contributed by atoms with van der Waals surface area (Å²) in [4.78, 5) is 72.8. The van der Waals surface area contributed by atoms with Crippen LogP contribution in [0.1, 0.15) is 383 Å². The van der Waals surface area contributed by atoms with E-state index in [1.54, 1.807) is 0 Å². The normalized spacial score (nSPS) is 14.4. The summed E-state index contributed by atoms with van der Waals surface area (Å²) in [6.45, 7) is 14.2. The lowest BCUT2D eigenvalue weighted by Crippen LogP contribution is -2.30. The van der Waals surface area contributed by atoms with Crippen LogP contribution in [0.4, 0.5) is 0 Å². The maximum absolute atomic E-state index is 13.1. The van der Waals surface area contributed by atoms with E-state index in [9.17, 15) is 43.2 Å². The molecule has 4 unspecified atom stereocenters. The van der Waals surface area contributed by atoms with E-state index in [2.05, 4.69) is 55.4 Å². The molecule has 0 bridgehead atoms. The lowest BCUT2D eigenvalue weighted by atomic mass is 9.99. The van der Waals surface area contributed by atoms with Crippen LogP contribution < -0.4 is 0 Å². The minimum atomic E-state index is -4.96. The third kappa shape index (κ3) is 69.0. The van der Waals surface area contributed by atoms with Gasteiger partial charge < -0.3 is 33.8 Å². The SMILES string of the molecule is CCC(C)CCCCCCCCCCC(=O)OC[C@H](COP(=O)(O)OCC(O)COP(=O)(O)OC[C@@H](COC(=O)CCCCCCCCCC(C)C)OC(=O)CCCCCCCCCCCCCCC(C)C)OC(=O)CCCCCCCCCCCCCCCCCC(C)C. The number of aliphatic hydroxyl groups is 1. The Balaban J connectivity index is 5.24. The summed E-state index contributed by atoms with van der Waals surface area (Å²) >= 11 is 0. The molecule has 6 atom stereocenters. The second kappa shape index (κ2) is 65.4. The van der Waals surface area contributed by atoms with Crippen LogP contribution in [0.2, 0.25) is 0 Å². The Kier molecular flexibility index (Phi) is 64.0. The number of hydrogen-bond acceptors (Lipinski definition) is 15. The molecule has 95 heavy (non-hydrogen) atoms. The minimum absolute atomic E-state index is 0.106. The molecule has 0 aliphatic rings. The summed E-state index contributed by atoms with van der Waals surface area (Å²) < 4.78 is 68.5. The second-order valence-corrected chi connectivity index (χ2v) is 32.0. The van der Waals surface area contributed by atoms with Gasteiger partial charge in [-0.15, -0.1) is 0 Å². The summed E-state index contributed by atoms with van der Waals surface area (Å²) in [5.74, 6) is 0.940. The zero-order valence-electron chi connectivity index (χ0n) is 62.3. The standard InChI is InChI=1S/C76H148O17P2/c1-9-69(8)55-47-39-31-25-26-32-40-48-56-73(78)86-62-71(92-75(80)58-50-42-33-23-19-14-12-10-11-13-17-21-28-36-44-52-66(2)3)64-90-94(82,83)88-60-70(77)61-89-95(84,85)91-65-72(63-87-74(79)57-49-41-35-27-30-38-46-54-68(6)7)93-76(81)59-51-43-34-24-20-16-15-18-22-29-37-45-53-67(4)5/h66-72,77H,9-65H2,1-8H3,(H,82,83)(H,84,85)/t69?,70?,71-,72-/m1/s1. The van der Waals surface area contributed by atoms with Crippen molar-refractivity contribution in [2.45, 2.75) is 401 Å². The molecule has 0 fully saturated rings. The fourth-order valence-electron chi connectivity index (χ4n) is 11.5. The topological polar surface area (TPSA) is 237 Å². The molecule has 0 saturated heterocycles. The number of ether oxygens (including phenoxy) is 4. The molecule has 19 heteroatoms. The lowest BCUT2D eigenvalue weighted by molar-refractivity contribution is -0.161. The van der Waals surface area contributed by atoms with E-state index >= 15 is 0 Å². The van der Waals surface area contributed by atoms with Gasteiger partial charge in [0.05, 0.1) is 26.4 Å². The van der Waals surface area contributed by atoms with Crippen LogP contribution in [-0.4, -0.2) is 96.7 Å². The molecule has 0 aliphatic heterocycles. The van der Waals surface area contributed by atoms with E-state index in [-0.39, 0.29) is 25.7 Å². The van der Waals surface area contributed by atoms with Gasteiger partial charge in [0.1, 0.15) is 19.3 Å². The quantitative estimate of drug-likeness (QED) is 0.0222. The van der Waals surface area contributed by atoms with E-state index in [4.69, 9.17) is 37.0 Å². The van der Waals surface area contributed by atoms with Gasteiger partial charge in [-0.2, -0.15) is 0 Å². The molecular weight excluding hydrogens is 1250 g/mol. The first-order chi connectivity index (χ1) is 45.6. The van der Waals surface area contributed by atoms with Gasteiger partial charge >= 0.3 is 39.5 Å². The maximum atomic E-state index is 13.1. The first-order valence-corrected chi connectivity index (χ1v) is 42.2. The molecule has 0 spiro atoms. The van der Waals surface area contributed by atoms with Gasteiger partial charge in [0.25, 0.3) is 0 Å². The summed E-state index contributed by atoms with van der Waals surface area (Å²) in [7, 11) is -9.91. The van der Waals surface area contributed by atoms with Crippen molar-refractivity contribution in [1.82, 2.24) is 0 Å². The third-order valence-corrected chi connectivity index (χ3v) is 19.8. The Labute approximate surface area is 581 Å². The first kappa shape index (κ1) is 93.1. The predicted molar refractivity (Wildman–Crippen MR) is 386 cm³/mol. The molecule has 0 radical (unpaired) electrons. The van der Waals surface area contributed by atoms with E-state index in [1.165, 1.54) is 180 Å². The monoisotopic (exact) mass is 1400 g/mol. The molecule has 0 rings (SSSR count). The highest BCUT2D eigenvalue weighted by molar-refractivity contribution is 7.47. The Morgan fingerprint density at radius 2 is 0.505 bits per heavy atom. The van der Waals surface area contributed by atoms with E-state index in [1.807, 2.05) is 0 Å². The van der Waals surface area contributed by atoms with E-state index in [0.717, 1.165) is 114 Å². The van der Waals surface area contributed by atoms with Crippen LogP contribution in [-0.2, 0) is 65.4 Å². The Morgan fingerprint density at radius 3 is 0.747 bits per heavy atom. The van der Waals surface area contributed by atoms with Crippen molar-refractivity contribution in [1.29, 1.82) is 0 Å². The van der Waals surface area contributed by atoms with Crippen molar-refractivity contribution in [3.05, 3.63) is 0 Å². The number of phosphoric acid groups is 2.